The Morgan fingerprint density at radius 2 is 2.00 bits per heavy atom. The van der Waals surface area contributed by atoms with Crippen LogP contribution < -0.4 is 0 Å². The molecule has 10 heteroatoms. The summed E-state index contributed by atoms with van der Waals surface area (Å²) in [5.41, 5.74) is 0.460. The highest BCUT2D eigenvalue weighted by Gasteiger charge is 2.43. The van der Waals surface area contributed by atoms with Crippen LogP contribution in [0.15, 0.2) is 11.6 Å². The average Bonchev–Trinajstić information content (AvgIpc) is 3.39. The molecule has 4 rings (SSSR count). The summed E-state index contributed by atoms with van der Waals surface area (Å²) in [5, 5.41) is 10.4. The first-order chi connectivity index (χ1) is 14.3. The predicted molar refractivity (Wildman–Crippen MR) is 105 cm³/mol. The summed E-state index contributed by atoms with van der Waals surface area (Å²) in [4.78, 5) is 15.9. The number of aliphatic carboxylic acids is 1. The van der Waals surface area contributed by atoms with Crippen LogP contribution in [0.2, 0.25) is 0 Å². The van der Waals surface area contributed by atoms with Gasteiger partial charge in [0.15, 0.2) is 0 Å². The van der Waals surface area contributed by atoms with Crippen molar-refractivity contribution < 1.29 is 32.5 Å². The lowest BCUT2D eigenvalue weighted by atomic mass is 9.66. The van der Waals surface area contributed by atoms with Crippen molar-refractivity contribution in [2.45, 2.75) is 44.8 Å². The fourth-order valence-corrected chi connectivity index (χ4v) is 4.76. The number of hydrogen-bond donors (Lipinski definition) is 1. The number of carbonyl (C=O) groups is 1. The van der Waals surface area contributed by atoms with Gasteiger partial charge in [0.05, 0.1) is 19.8 Å². The molecule has 1 aliphatic carbocycles. The number of carboxylic acid groups (broad SMARTS) is 1. The van der Waals surface area contributed by atoms with E-state index in [1.807, 2.05) is 6.20 Å². The van der Waals surface area contributed by atoms with Crippen LogP contribution in [0.25, 0.3) is 0 Å². The predicted octanol–water partition coefficient (Wildman–Crippen LogP) is 3.82. The van der Waals surface area contributed by atoms with E-state index in [0.29, 0.717) is 11.3 Å². The van der Waals surface area contributed by atoms with Gasteiger partial charge in [0.2, 0.25) is 0 Å². The van der Waals surface area contributed by atoms with E-state index >= 15 is 0 Å². The topological polar surface area (TPSA) is 71.9 Å². The van der Waals surface area contributed by atoms with Crippen molar-refractivity contribution in [2.24, 2.45) is 17.3 Å². The van der Waals surface area contributed by atoms with Crippen LogP contribution in [-0.2, 0) is 20.8 Å². The van der Waals surface area contributed by atoms with Gasteiger partial charge in [0, 0.05) is 30.7 Å². The van der Waals surface area contributed by atoms with E-state index in [2.05, 4.69) is 15.3 Å². The highest BCUT2D eigenvalue weighted by Crippen LogP contribution is 2.45. The molecule has 30 heavy (non-hydrogen) atoms. The number of carboxylic acids is 1. The zero-order chi connectivity index (χ0) is 21.6. The molecule has 1 N–H and O–H groups in total. The molecule has 2 aliphatic heterocycles. The summed E-state index contributed by atoms with van der Waals surface area (Å²) in [6.07, 6.45) is 3.38. The van der Waals surface area contributed by atoms with Crippen LogP contribution in [0, 0.1) is 17.3 Å². The molecular formula is C20H29F3N2O4S. The Labute approximate surface area is 178 Å². The number of aromatic nitrogens is 1. The van der Waals surface area contributed by atoms with E-state index in [-0.39, 0.29) is 0 Å². The first-order valence-corrected chi connectivity index (χ1v) is 11.2. The molecule has 6 nitrogen and oxygen atoms in total. The molecule has 0 radical (unpaired) electrons. The van der Waals surface area contributed by atoms with Crippen LogP contribution in [0.4, 0.5) is 13.2 Å². The molecule has 1 atom stereocenters. The van der Waals surface area contributed by atoms with Crippen LogP contribution in [0.5, 0.6) is 0 Å². The SMILES string of the molecule is O=C(O)C(F)(F)F.c1csc(CN2CCC3(CCOCC3COCC3CC3)CC2)n1. The number of hydrogen-bond acceptors (Lipinski definition) is 6. The van der Waals surface area contributed by atoms with Crippen LogP contribution in [-0.4, -0.2) is 66.7 Å². The molecule has 1 aromatic rings. The molecule has 1 aromatic heterocycles. The van der Waals surface area contributed by atoms with E-state index in [9.17, 15) is 13.2 Å². The van der Waals surface area contributed by atoms with Gasteiger partial charge in [-0.25, -0.2) is 9.78 Å². The molecule has 3 aliphatic rings. The van der Waals surface area contributed by atoms with Crippen molar-refractivity contribution in [3.8, 4) is 0 Å². The van der Waals surface area contributed by atoms with Crippen LogP contribution in [0.3, 0.4) is 0 Å². The average molecular weight is 451 g/mol. The number of halogens is 3. The summed E-state index contributed by atoms with van der Waals surface area (Å²) in [5.74, 6) is -1.31. The molecule has 1 saturated carbocycles. The van der Waals surface area contributed by atoms with E-state index in [0.717, 1.165) is 38.9 Å². The fraction of sp³-hybridized carbons (Fsp3) is 0.800. The molecule has 170 valence electrons. The Morgan fingerprint density at radius 1 is 1.30 bits per heavy atom. The minimum atomic E-state index is -5.08. The number of nitrogens with zero attached hydrogens (tertiary/aromatic N) is 2. The Hall–Kier alpha value is -1.23. The number of likely N-dealkylation sites (tertiary alicyclic amines) is 1. The second-order valence-corrected chi connectivity index (χ2v) is 9.35. The first-order valence-electron chi connectivity index (χ1n) is 10.3. The Morgan fingerprint density at radius 3 is 2.57 bits per heavy atom. The van der Waals surface area contributed by atoms with Crippen molar-refractivity contribution in [3.63, 3.8) is 0 Å². The van der Waals surface area contributed by atoms with Gasteiger partial charge in [-0.05, 0) is 56.5 Å². The fourth-order valence-electron chi connectivity index (χ4n) is 4.11. The molecule has 1 spiro atoms. The Kier molecular flexibility index (Phi) is 8.11. The summed E-state index contributed by atoms with van der Waals surface area (Å²) >= 11 is 1.77. The minimum Gasteiger partial charge on any atom is -0.475 e. The van der Waals surface area contributed by atoms with Crippen molar-refractivity contribution in [2.75, 3.05) is 39.5 Å². The number of ether oxygens (including phenoxy) is 2. The van der Waals surface area contributed by atoms with Gasteiger partial charge in [-0.3, -0.25) is 4.90 Å². The molecule has 2 saturated heterocycles. The lowest BCUT2D eigenvalue weighted by molar-refractivity contribution is -0.192. The maximum Gasteiger partial charge on any atom is 0.490 e. The smallest absolute Gasteiger partial charge is 0.475 e. The lowest BCUT2D eigenvalue weighted by Gasteiger charge is -2.49. The Balaban J connectivity index is 0.000000318. The largest absolute Gasteiger partial charge is 0.490 e. The number of piperidine rings is 1. The summed E-state index contributed by atoms with van der Waals surface area (Å²) < 4.78 is 43.6. The van der Waals surface area contributed by atoms with E-state index in [4.69, 9.17) is 19.4 Å². The van der Waals surface area contributed by atoms with Crippen LogP contribution >= 0.6 is 11.3 Å². The van der Waals surface area contributed by atoms with Crippen LogP contribution in [0.1, 0.15) is 37.1 Å². The quantitative estimate of drug-likeness (QED) is 0.711. The van der Waals surface area contributed by atoms with Gasteiger partial charge in [0.25, 0.3) is 0 Å². The maximum absolute atomic E-state index is 10.6. The molecule has 0 amide bonds. The number of alkyl halides is 3. The standard InChI is InChI=1S/C18H28N2O2S.C2HF3O2/c1-2-15(1)12-22-14-16-13-21-9-5-18(16)3-7-20(8-4-18)11-17-19-6-10-23-17;3-2(4,5)1(6)7/h6,10,15-16H,1-5,7-9,11-14H2;(H,6,7). The Bertz CT molecular complexity index is 660. The third kappa shape index (κ3) is 6.90. The van der Waals surface area contributed by atoms with Gasteiger partial charge < -0.3 is 14.6 Å². The maximum atomic E-state index is 10.6. The van der Waals surface area contributed by atoms with E-state index in [1.54, 1.807) is 11.3 Å². The van der Waals surface area contributed by atoms with Gasteiger partial charge in [0.1, 0.15) is 5.01 Å². The molecule has 0 bridgehead atoms. The summed E-state index contributed by atoms with van der Waals surface area (Å²) in [6.45, 7) is 7.12. The highest BCUT2D eigenvalue weighted by molar-refractivity contribution is 7.09. The number of rotatable bonds is 6. The van der Waals surface area contributed by atoms with Crippen molar-refractivity contribution in [3.05, 3.63) is 16.6 Å². The molecule has 0 aromatic carbocycles. The minimum absolute atomic E-state index is 0.460. The summed E-state index contributed by atoms with van der Waals surface area (Å²) in [7, 11) is 0. The second kappa shape index (κ2) is 10.4. The third-order valence-electron chi connectivity index (χ3n) is 6.24. The van der Waals surface area contributed by atoms with E-state index in [1.165, 1.54) is 50.2 Å². The van der Waals surface area contributed by atoms with Gasteiger partial charge in [-0.1, -0.05) is 0 Å². The van der Waals surface area contributed by atoms with Gasteiger partial charge in [-0.15, -0.1) is 11.3 Å². The van der Waals surface area contributed by atoms with Crippen molar-refractivity contribution >= 4 is 17.3 Å². The first kappa shape index (κ1) is 23.4. The van der Waals surface area contributed by atoms with E-state index < -0.39 is 12.1 Å². The highest BCUT2D eigenvalue weighted by atomic mass is 32.1. The zero-order valence-electron chi connectivity index (χ0n) is 16.9. The monoisotopic (exact) mass is 450 g/mol. The normalized spacial score (nSPS) is 24.3. The second-order valence-electron chi connectivity index (χ2n) is 8.37. The lowest BCUT2D eigenvalue weighted by Crippen LogP contribution is -2.49. The third-order valence-corrected chi connectivity index (χ3v) is 7.00. The van der Waals surface area contributed by atoms with Gasteiger partial charge >= 0.3 is 12.1 Å². The molecule has 3 fully saturated rings. The van der Waals surface area contributed by atoms with Gasteiger partial charge in [-0.2, -0.15) is 13.2 Å². The molecule has 3 heterocycles. The zero-order valence-corrected chi connectivity index (χ0v) is 17.7. The molecule has 1 unspecified atom stereocenters. The van der Waals surface area contributed by atoms with Crippen molar-refractivity contribution in [1.82, 2.24) is 9.88 Å². The molecular weight excluding hydrogens is 421 g/mol. The van der Waals surface area contributed by atoms with Crippen molar-refractivity contribution in [1.29, 1.82) is 0 Å². The number of thiazole rings is 1. The summed E-state index contributed by atoms with van der Waals surface area (Å²) in [6, 6.07) is 0.